The number of oxazole rings is 1. The van der Waals surface area contributed by atoms with Crippen molar-refractivity contribution < 1.29 is 4.42 Å². The van der Waals surface area contributed by atoms with Crippen LogP contribution < -0.4 is 5.73 Å². The number of hydrogen-bond donors (Lipinski definition) is 1. The number of aromatic nitrogens is 2. The molecule has 5 heteroatoms. The lowest BCUT2D eigenvalue weighted by Gasteiger charge is -1.96. The predicted octanol–water partition coefficient (Wildman–Crippen LogP) is 3.00. The van der Waals surface area contributed by atoms with Crippen molar-refractivity contribution in [3.63, 3.8) is 0 Å². The lowest BCUT2D eigenvalue weighted by molar-refractivity contribution is 0.616. The molecule has 3 aromatic rings. The number of hydrogen-bond acceptors (Lipinski definition) is 4. The minimum absolute atomic E-state index is 0.469. The fourth-order valence-corrected chi connectivity index (χ4v) is 1.85. The molecule has 0 saturated carbocycles. The molecule has 0 bridgehead atoms. The van der Waals surface area contributed by atoms with E-state index in [4.69, 9.17) is 21.8 Å². The average molecular weight is 260 g/mol. The van der Waals surface area contributed by atoms with E-state index in [0.29, 0.717) is 28.7 Å². The normalized spacial score (nSPS) is 11.0. The first-order valence-electron chi connectivity index (χ1n) is 5.48. The van der Waals surface area contributed by atoms with Crippen molar-refractivity contribution in [3.05, 3.63) is 47.1 Å². The van der Waals surface area contributed by atoms with Crippen LogP contribution in [0, 0.1) is 0 Å². The predicted molar refractivity (Wildman–Crippen MR) is 70.1 cm³/mol. The van der Waals surface area contributed by atoms with Gasteiger partial charge >= 0.3 is 0 Å². The van der Waals surface area contributed by atoms with Crippen molar-refractivity contribution in [1.82, 2.24) is 9.97 Å². The van der Waals surface area contributed by atoms with E-state index in [9.17, 15) is 0 Å². The van der Waals surface area contributed by atoms with Crippen LogP contribution in [0.15, 0.2) is 40.9 Å². The maximum absolute atomic E-state index is 5.90. The largest absolute Gasteiger partial charge is 0.435 e. The lowest BCUT2D eigenvalue weighted by atomic mass is 10.2. The van der Waals surface area contributed by atoms with Gasteiger partial charge in [0.1, 0.15) is 11.2 Å². The Morgan fingerprint density at radius 2 is 2.11 bits per heavy atom. The molecule has 18 heavy (non-hydrogen) atoms. The van der Waals surface area contributed by atoms with Crippen LogP contribution >= 0.6 is 11.6 Å². The van der Waals surface area contributed by atoms with Crippen molar-refractivity contribution in [2.24, 2.45) is 5.73 Å². The highest BCUT2D eigenvalue weighted by molar-refractivity contribution is 6.31. The van der Waals surface area contributed by atoms with E-state index in [1.165, 1.54) is 0 Å². The molecule has 0 spiro atoms. The van der Waals surface area contributed by atoms with Crippen LogP contribution in [0.25, 0.3) is 22.7 Å². The Hall–Kier alpha value is -1.91. The van der Waals surface area contributed by atoms with Gasteiger partial charge in [-0.1, -0.05) is 17.7 Å². The molecule has 0 aliphatic rings. The summed E-state index contributed by atoms with van der Waals surface area (Å²) in [6, 6.07) is 9.07. The zero-order valence-electron chi connectivity index (χ0n) is 9.43. The summed E-state index contributed by atoms with van der Waals surface area (Å²) in [5.74, 6) is 0.482. The van der Waals surface area contributed by atoms with Gasteiger partial charge in [0.2, 0.25) is 5.89 Å². The molecule has 0 radical (unpaired) electrons. The fraction of sp³-hybridized carbons (Fsp3) is 0.0769. The van der Waals surface area contributed by atoms with Gasteiger partial charge in [0.05, 0.1) is 0 Å². The molecule has 0 aliphatic carbocycles. The summed E-state index contributed by atoms with van der Waals surface area (Å²) in [7, 11) is 0. The second-order valence-electron chi connectivity index (χ2n) is 3.89. The highest BCUT2D eigenvalue weighted by atomic mass is 35.5. The molecule has 2 N–H and O–H groups in total. The smallest absolute Gasteiger partial charge is 0.246 e. The van der Waals surface area contributed by atoms with Gasteiger partial charge in [-0.05, 0) is 29.8 Å². The van der Waals surface area contributed by atoms with Gasteiger partial charge in [0.25, 0.3) is 0 Å². The maximum atomic E-state index is 5.90. The molecule has 90 valence electrons. The standard InChI is InChI=1S/C13H10ClN3O/c14-9-2-4-12-11(5-9)17-13(18-12)10-3-1-8(6-15)7-16-10/h1-5,7H,6,15H2. The highest BCUT2D eigenvalue weighted by Crippen LogP contribution is 2.24. The number of nitrogens with zero attached hydrogens (tertiary/aromatic N) is 2. The summed E-state index contributed by atoms with van der Waals surface area (Å²) in [4.78, 5) is 8.62. The van der Waals surface area contributed by atoms with E-state index in [-0.39, 0.29) is 0 Å². The molecule has 4 nitrogen and oxygen atoms in total. The minimum Gasteiger partial charge on any atom is -0.435 e. The Balaban J connectivity index is 2.07. The fourth-order valence-electron chi connectivity index (χ4n) is 1.68. The Morgan fingerprint density at radius 3 is 2.83 bits per heavy atom. The first kappa shape index (κ1) is 11.2. The second kappa shape index (κ2) is 4.40. The monoisotopic (exact) mass is 259 g/mol. The van der Waals surface area contributed by atoms with Gasteiger partial charge < -0.3 is 10.2 Å². The average Bonchev–Trinajstić information content (AvgIpc) is 2.81. The van der Waals surface area contributed by atoms with E-state index in [1.807, 2.05) is 12.1 Å². The maximum Gasteiger partial charge on any atom is 0.246 e. The van der Waals surface area contributed by atoms with E-state index in [2.05, 4.69) is 9.97 Å². The van der Waals surface area contributed by atoms with Crippen LogP contribution in [-0.4, -0.2) is 9.97 Å². The van der Waals surface area contributed by atoms with E-state index in [0.717, 1.165) is 11.1 Å². The number of rotatable bonds is 2. The first-order valence-corrected chi connectivity index (χ1v) is 5.85. The van der Waals surface area contributed by atoms with Crippen molar-refractivity contribution >= 4 is 22.7 Å². The molecule has 2 aromatic heterocycles. The minimum atomic E-state index is 0.469. The van der Waals surface area contributed by atoms with Gasteiger partial charge in [-0.15, -0.1) is 0 Å². The summed E-state index contributed by atoms with van der Waals surface area (Å²) in [6.45, 7) is 0.469. The number of halogens is 1. The van der Waals surface area contributed by atoms with Gasteiger partial charge in [-0.3, -0.25) is 4.98 Å². The van der Waals surface area contributed by atoms with Crippen LogP contribution in [0.2, 0.25) is 5.02 Å². The van der Waals surface area contributed by atoms with Gasteiger partial charge in [0.15, 0.2) is 5.58 Å². The van der Waals surface area contributed by atoms with Crippen molar-refractivity contribution in [2.45, 2.75) is 6.54 Å². The third kappa shape index (κ3) is 1.96. The molecule has 0 fully saturated rings. The highest BCUT2D eigenvalue weighted by Gasteiger charge is 2.09. The van der Waals surface area contributed by atoms with E-state index in [1.54, 1.807) is 24.4 Å². The van der Waals surface area contributed by atoms with Crippen LogP contribution in [0.3, 0.4) is 0 Å². The molecule has 0 amide bonds. The molecule has 0 unspecified atom stereocenters. The Kier molecular flexibility index (Phi) is 2.74. The molecule has 0 saturated heterocycles. The Morgan fingerprint density at radius 1 is 1.22 bits per heavy atom. The summed E-state index contributed by atoms with van der Waals surface area (Å²) in [5, 5.41) is 0.633. The molecular formula is C13H10ClN3O. The van der Waals surface area contributed by atoms with Crippen LogP contribution in [-0.2, 0) is 6.54 Å². The number of pyridine rings is 1. The van der Waals surface area contributed by atoms with E-state index >= 15 is 0 Å². The van der Waals surface area contributed by atoms with Crippen molar-refractivity contribution in [3.8, 4) is 11.6 Å². The molecule has 3 rings (SSSR count). The van der Waals surface area contributed by atoms with Crippen molar-refractivity contribution in [1.29, 1.82) is 0 Å². The third-order valence-corrected chi connectivity index (χ3v) is 2.86. The van der Waals surface area contributed by atoms with Crippen LogP contribution in [0.1, 0.15) is 5.56 Å². The van der Waals surface area contributed by atoms with E-state index < -0.39 is 0 Å². The summed E-state index contributed by atoms with van der Waals surface area (Å²) in [5.41, 5.74) is 8.59. The summed E-state index contributed by atoms with van der Waals surface area (Å²) < 4.78 is 5.62. The summed E-state index contributed by atoms with van der Waals surface area (Å²) >= 11 is 5.90. The van der Waals surface area contributed by atoms with Gasteiger partial charge in [-0.2, -0.15) is 0 Å². The van der Waals surface area contributed by atoms with Crippen molar-refractivity contribution in [2.75, 3.05) is 0 Å². The first-order chi connectivity index (χ1) is 8.76. The zero-order chi connectivity index (χ0) is 12.5. The van der Waals surface area contributed by atoms with Crippen LogP contribution in [0.5, 0.6) is 0 Å². The second-order valence-corrected chi connectivity index (χ2v) is 4.32. The number of benzene rings is 1. The topological polar surface area (TPSA) is 64.9 Å². The van der Waals surface area contributed by atoms with Gasteiger partial charge in [0, 0.05) is 17.8 Å². The van der Waals surface area contributed by atoms with Gasteiger partial charge in [-0.25, -0.2) is 4.98 Å². The quantitative estimate of drug-likeness (QED) is 0.768. The molecule has 0 atom stereocenters. The molecule has 0 aliphatic heterocycles. The SMILES string of the molecule is NCc1ccc(-c2nc3cc(Cl)ccc3o2)nc1. The zero-order valence-corrected chi connectivity index (χ0v) is 10.2. The number of fused-ring (bicyclic) bond motifs is 1. The third-order valence-electron chi connectivity index (χ3n) is 2.63. The summed E-state index contributed by atoms with van der Waals surface area (Å²) in [6.07, 6.45) is 1.72. The van der Waals surface area contributed by atoms with Crippen LogP contribution in [0.4, 0.5) is 0 Å². The lowest BCUT2D eigenvalue weighted by Crippen LogP contribution is -1.96. The Bertz CT molecular complexity index is 691. The molecule has 2 heterocycles. The molecular weight excluding hydrogens is 250 g/mol. The molecule has 1 aromatic carbocycles. The number of nitrogens with two attached hydrogens (primary N) is 1. The Labute approximate surface area is 108 Å².